The summed E-state index contributed by atoms with van der Waals surface area (Å²) in [4.78, 5) is 0. The van der Waals surface area contributed by atoms with E-state index >= 15 is 0 Å². The van der Waals surface area contributed by atoms with Crippen LogP contribution in [0.4, 0.5) is 0 Å². The van der Waals surface area contributed by atoms with E-state index in [4.69, 9.17) is 0 Å². The molecule has 0 aromatic carbocycles. The third kappa shape index (κ3) is 3.51. The lowest BCUT2D eigenvalue weighted by atomic mass is 9.80. The monoisotopic (exact) mass is 298 g/mol. The van der Waals surface area contributed by atoms with Crippen molar-refractivity contribution in [1.29, 1.82) is 0 Å². The Kier molecular flexibility index (Phi) is 4.68. The van der Waals surface area contributed by atoms with Crippen LogP contribution in [0.1, 0.15) is 58.8 Å². The van der Waals surface area contributed by atoms with Crippen LogP contribution in [0.25, 0.3) is 0 Å². The summed E-state index contributed by atoms with van der Waals surface area (Å²) < 4.78 is 0. The second-order valence-electron chi connectivity index (χ2n) is 7.60. The van der Waals surface area contributed by atoms with Gasteiger partial charge in [0, 0.05) is 9.52 Å². The van der Waals surface area contributed by atoms with Gasteiger partial charge in [-0.3, -0.25) is 0 Å². The molecule has 0 bridgehead atoms. The summed E-state index contributed by atoms with van der Waals surface area (Å²) in [7, 11) is -0.172. The maximum absolute atomic E-state index is 2.60. The van der Waals surface area contributed by atoms with E-state index in [0.717, 1.165) is 11.5 Å². The fourth-order valence-corrected chi connectivity index (χ4v) is 7.51. The van der Waals surface area contributed by atoms with Gasteiger partial charge >= 0.3 is 0 Å². The van der Waals surface area contributed by atoms with Crippen LogP contribution in [-0.2, 0) is 0 Å². The number of rotatable bonds is 4. The van der Waals surface area contributed by atoms with Crippen LogP contribution in [0.2, 0.25) is 10.6 Å². The molecule has 3 aliphatic carbocycles. The van der Waals surface area contributed by atoms with Crippen LogP contribution < -0.4 is 0 Å². The normalized spacial score (nSPS) is 33.7. The molecule has 0 amide bonds. The predicted octanol–water partition coefficient (Wildman–Crippen LogP) is 5.50. The van der Waals surface area contributed by atoms with E-state index in [1.54, 1.807) is 5.57 Å². The van der Waals surface area contributed by atoms with E-state index in [1.165, 1.54) is 50.5 Å². The molecule has 2 unspecified atom stereocenters. The zero-order valence-electron chi connectivity index (χ0n) is 13.8. The van der Waals surface area contributed by atoms with Crippen LogP contribution in [0.5, 0.6) is 0 Å². The molecule has 3 rings (SSSR count). The van der Waals surface area contributed by atoms with Gasteiger partial charge in [0.05, 0.1) is 0 Å². The Morgan fingerprint density at radius 1 is 1.14 bits per heavy atom. The molecule has 0 nitrogen and oxygen atoms in total. The molecule has 0 aromatic heterocycles. The molecule has 21 heavy (non-hydrogen) atoms. The highest BCUT2D eigenvalue weighted by Gasteiger charge is 2.34. The fraction of sp³-hybridized carbons (Fsp3) is 0.600. The van der Waals surface area contributed by atoms with Crippen LogP contribution >= 0.6 is 0 Å². The van der Waals surface area contributed by atoms with Crippen molar-refractivity contribution in [3.63, 3.8) is 0 Å². The van der Waals surface area contributed by atoms with Crippen molar-refractivity contribution >= 4 is 9.52 Å². The molecule has 3 aliphatic rings. The Labute approximate surface area is 132 Å². The minimum Gasteiger partial charge on any atom is -0.0840 e. The summed E-state index contributed by atoms with van der Waals surface area (Å²) in [6.45, 7) is 4.65. The van der Waals surface area contributed by atoms with Crippen molar-refractivity contribution in [3.8, 4) is 0 Å². The van der Waals surface area contributed by atoms with Gasteiger partial charge in [-0.05, 0) is 43.2 Å². The minimum absolute atomic E-state index is 0.172. The smallest absolute Gasteiger partial charge is 0.0451 e. The second kappa shape index (κ2) is 6.52. The molecule has 0 aliphatic heterocycles. The summed E-state index contributed by atoms with van der Waals surface area (Å²) in [6.07, 6.45) is 24.7. The average molecular weight is 299 g/mol. The molecule has 0 aromatic rings. The Bertz CT molecular complexity index is 488. The first-order chi connectivity index (χ1) is 10.2. The lowest BCUT2D eigenvalue weighted by Gasteiger charge is -2.38. The molecule has 114 valence electrons. The van der Waals surface area contributed by atoms with E-state index < -0.39 is 0 Å². The first-order valence-electron chi connectivity index (χ1n) is 8.88. The molecule has 0 radical (unpaired) electrons. The number of hydrogen-bond acceptors (Lipinski definition) is 0. The lowest BCUT2D eigenvalue weighted by molar-refractivity contribution is 0.313. The summed E-state index contributed by atoms with van der Waals surface area (Å²) in [6, 6.07) is 0. The highest BCUT2D eigenvalue weighted by atomic mass is 28.2. The number of hydrogen-bond donors (Lipinski definition) is 0. The molecule has 1 heteroatoms. The van der Waals surface area contributed by atoms with Crippen LogP contribution in [0.3, 0.4) is 0 Å². The molecular weight excluding hydrogens is 268 g/mol. The summed E-state index contributed by atoms with van der Waals surface area (Å²) in [5, 5.41) is 0.553. The molecule has 0 saturated heterocycles. The van der Waals surface area contributed by atoms with Gasteiger partial charge in [0.25, 0.3) is 0 Å². The number of allylic oxidation sites excluding steroid dienone is 8. The highest BCUT2D eigenvalue weighted by Crippen LogP contribution is 2.48. The van der Waals surface area contributed by atoms with Crippen molar-refractivity contribution < 1.29 is 0 Å². The van der Waals surface area contributed by atoms with Gasteiger partial charge in [0.1, 0.15) is 0 Å². The Morgan fingerprint density at radius 2 is 1.95 bits per heavy atom. The Balaban J connectivity index is 1.73. The molecule has 2 atom stereocenters. The van der Waals surface area contributed by atoms with Gasteiger partial charge in [-0.1, -0.05) is 79.7 Å². The fourth-order valence-electron chi connectivity index (χ4n) is 4.55. The maximum Gasteiger partial charge on any atom is 0.0451 e. The van der Waals surface area contributed by atoms with Crippen molar-refractivity contribution in [1.82, 2.24) is 0 Å². The molecule has 0 heterocycles. The summed E-state index contributed by atoms with van der Waals surface area (Å²) in [5.74, 6) is 0.998. The highest BCUT2D eigenvalue weighted by molar-refractivity contribution is 6.45. The maximum atomic E-state index is 2.60. The van der Waals surface area contributed by atoms with E-state index in [2.05, 4.69) is 50.3 Å². The van der Waals surface area contributed by atoms with E-state index in [9.17, 15) is 0 Å². The van der Waals surface area contributed by atoms with Gasteiger partial charge in [0.2, 0.25) is 0 Å². The third-order valence-electron chi connectivity index (χ3n) is 6.02. The SMILES string of the molecule is CC1=C(C)C([SiH2]C2(CC3CCCCC3)C=CC=CC2)C=C1. The van der Waals surface area contributed by atoms with Crippen LogP contribution in [0.15, 0.2) is 47.6 Å². The van der Waals surface area contributed by atoms with Crippen molar-refractivity contribution in [3.05, 3.63) is 47.6 Å². The second-order valence-corrected chi connectivity index (χ2v) is 10.3. The first kappa shape index (κ1) is 15.1. The Hall–Kier alpha value is -0.823. The molecular formula is C20H30Si. The Morgan fingerprint density at radius 3 is 2.57 bits per heavy atom. The van der Waals surface area contributed by atoms with Gasteiger partial charge in [0.15, 0.2) is 0 Å². The van der Waals surface area contributed by atoms with Gasteiger partial charge in [-0.2, -0.15) is 0 Å². The first-order valence-corrected chi connectivity index (χ1v) is 10.4. The predicted molar refractivity (Wildman–Crippen MR) is 96.6 cm³/mol. The van der Waals surface area contributed by atoms with Crippen molar-refractivity contribution in [2.45, 2.75) is 69.4 Å². The van der Waals surface area contributed by atoms with E-state index in [-0.39, 0.29) is 9.52 Å². The van der Waals surface area contributed by atoms with E-state index in [1.807, 2.05) is 0 Å². The quantitative estimate of drug-likeness (QED) is 0.602. The minimum atomic E-state index is -0.172. The van der Waals surface area contributed by atoms with Crippen molar-refractivity contribution in [2.75, 3.05) is 0 Å². The zero-order valence-corrected chi connectivity index (χ0v) is 15.2. The average Bonchev–Trinajstić information content (AvgIpc) is 2.81. The third-order valence-corrected chi connectivity index (χ3v) is 8.97. The van der Waals surface area contributed by atoms with Crippen LogP contribution in [0, 0.1) is 5.92 Å². The lowest BCUT2D eigenvalue weighted by Crippen LogP contribution is -2.26. The summed E-state index contributed by atoms with van der Waals surface area (Å²) >= 11 is 0. The topological polar surface area (TPSA) is 0 Å². The van der Waals surface area contributed by atoms with Gasteiger partial charge < -0.3 is 0 Å². The molecule has 1 fully saturated rings. The zero-order chi connectivity index (χ0) is 14.7. The molecule has 0 spiro atoms. The standard InChI is InChI=1S/C20H30Si/c1-16-11-12-19(17(16)2)21-20(13-7-4-8-14-20)15-18-9-5-3-6-10-18/h4,7-8,11-13,18-19H,3,5-6,9-10,14-15,21H2,1-2H3. The summed E-state index contributed by atoms with van der Waals surface area (Å²) in [5.41, 5.74) is 3.99. The molecule has 0 N–H and O–H groups in total. The van der Waals surface area contributed by atoms with Gasteiger partial charge in [-0.25, -0.2) is 0 Å². The largest absolute Gasteiger partial charge is 0.0840 e. The van der Waals surface area contributed by atoms with Crippen molar-refractivity contribution in [2.24, 2.45) is 5.92 Å². The van der Waals surface area contributed by atoms with E-state index in [0.29, 0.717) is 5.04 Å². The van der Waals surface area contributed by atoms with Gasteiger partial charge in [-0.15, -0.1) is 0 Å². The van der Waals surface area contributed by atoms with Crippen LogP contribution in [-0.4, -0.2) is 9.52 Å². The molecule has 1 saturated carbocycles.